The molecular weight excluding hydrogens is 180 g/mol. The molecule has 1 heterocycles. The average Bonchev–Trinajstić information content (AvgIpc) is 2.63. The zero-order valence-corrected chi connectivity index (χ0v) is 9.08. The molecule has 1 amide bonds. The smallest absolute Gasteiger partial charge is 0.236 e. The zero-order chi connectivity index (χ0) is 10.4. The van der Waals surface area contributed by atoms with Crippen molar-refractivity contribution in [1.29, 1.82) is 0 Å². The first-order valence-electron chi connectivity index (χ1n) is 5.28. The Kier molecular flexibility index (Phi) is 4.90. The highest BCUT2D eigenvalue weighted by molar-refractivity contribution is 5.78. The number of hydrogen-bond acceptors (Lipinski definition) is 3. The largest absolute Gasteiger partial charge is 0.381 e. The molecule has 0 aromatic heterocycles. The SMILES string of the molecule is CCOC[C@@H]1CCN(C(=O)CNC)C1. The number of amides is 1. The second-order valence-corrected chi connectivity index (χ2v) is 3.68. The lowest BCUT2D eigenvalue weighted by atomic mass is 10.1. The molecule has 0 aliphatic carbocycles. The van der Waals surface area contributed by atoms with E-state index in [9.17, 15) is 4.79 Å². The number of likely N-dealkylation sites (tertiary alicyclic amines) is 1. The average molecular weight is 200 g/mol. The van der Waals surface area contributed by atoms with Crippen molar-refractivity contribution < 1.29 is 9.53 Å². The van der Waals surface area contributed by atoms with Gasteiger partial charge in [-0.15, -0.1) is 0 Å². The second kappa shape index (κ2) is 5.98. The van der Waals surface area contributed by atoms with E-state index in [0.717, 1.165) is 32.7 Å². The molecule has 0 spiro atoms. The Bertz CT molecular complexity index is 185. The fourth-order valence-electron chi connectivity index (χ4n) is 1.74. The molecule has 1 aliphatic rings. The quantitative estimate of drug-likeness (QED) is 0.684. The number of nitrogens with one attached hydrogen (secondary N) is 1. The maximum atomic E-state index is 11.5. The van der Waals surface area contributed by atoms with E-state index in [1.807, 2.05) is 11.8 Å². The van der Waals surface area contributed by atoms with Crippen LogP contribution in [0.1, 0.15) is 13.3 Å². The van der Waals surface area contributed by atoms with E-state index in [-0.39, 0.29) is 5.91 Å². The highest BCUT2D eigenvalue weighted by Gasteiger charge is 2.25. The van der Waals surface area contributed by atoms with Crippen LogP contribution in [-0.2, 0) is 9.53 Å². The van der Waals surface area contributed by atoms with Crippen molar-refractivity contribution in [2.75, 3.05) is 39.9 Å². The molecule has 0 bridgehead atoms. The van der Waals surface area contributed by atoms with Crippen LogP contribution in [0.4, 0.5) is 0 Å². The van der Waals surface area contributed by atoms with Crippen LogP contribution in [0.15, 0.2) is 0 Å². The standard InChI is InChI=1S/C10H20N2O2/c1-3-14-8-9-4-5-12(7-9)10(13)6-11-2/h9,11H,3-8H2,1-2H3/t9-/m1/s1. The van der Waals surface area contributed by atoms with Gasteiger partial charge in [-0.2, -0.15) is 0 Å². The van der Waals surface area contributed by atoms with Gasteiger partial charge in [-0.05, 0) is 20.4 Å². The lowest BCUT2D eigenvalue weighted by molar-refractivity contribution is -0.129. The van der Waals surface area contributed by atoms with Gasteiger partial charge in [-0.1, -0.05) is 0 Å². The summed E-state index contributed by atoms with van der Waals surface area (Å²) < 4.78 is 5.35. The molecule has 0 aromatic carbocycles. The van der Waals surface area contributed by atoms with E-state index < -0.39 is 0 Å². The molecule has 0 saturated carbocycles. The first-order chi connectivity index (χ1) is 6.77. The van der Waals surface area contributed by atoms with Crippen molar-refractivity contribution >= 4 is 5.91 Å². The summed E-state index contributed by atoms with van der Waals surface area (Å²) in [5, 5.41) is 2.88. The Balaban J connectivity index is 2.22. The van der Waals surface area contributed by atoms with Crippen LogP contribution >= 0.6 is 0 Å². The van der Waals surface area contributed by atoms with Gasteiger partial charge in [0, 0.05) is 25.6 Å². The third-order valence-electron chi connectivity index (χ3n) is 2.52. The maximum absolute atomic E-state index is 11.5. The van der Waals surface area contributed by atoms with Crippen LogP contribution in [0.2, 0.25) is 0 Å². The number of nitrogens with zero attached hydrogens (tertiary/aromatic N) is 1. The van der Waals surface area contributed by atoms with Gasteiger partial charge in [0.2, 0.25) is 5.91 Å². The van der Waals surface area contributed by atoms with Crippen molar-refractivity contribution in [1.82, 2.24) is 10.2 Å². The molecule has 4 heteroatoms. The van der Waals surface area contributed by atoms with Crippen LogP contribution < -0.4 is 5.32 Å². The fourth-order valence-corrected chi connectivity index (χ4v) is 1.74. The van der Waals surface area contributed by atoms with Crippen molar-refractivity contribution in [3.8, 4) is 0 Å². The van der Waals surface area contributed by atoms with E-state index in [0.29, 0.717) is 12.5 Å². The Labute approximate surface area is 85.6 Å². The molecule has 0 radical (unpaired) electrons. The van der Waals surface area contributed by atoms with E-state index in [1.165, 1.54) is 0 Å². The summed E-state index contributed by atoms with van der Waals surface area (Å²) >= 11 is 0. The zero-order valence-electron chi connectivity index (χ0n) is 9.08. The minimum atomic E-state index is 0.200. The van der Waals surface area contributed by atoms with E-state index in [2.05, 4.69) is 5.32 Å². The first kappa shape index (κ1) is 11.5. The molecule has 1 aliphatic heterocycles. The van der Waals surface area contributed by atoms with Crippen LogP contribution in [0.5, 0.6) is 0 Å². The first-order valence-corrected chi connectivity index (χ1v) is 5.28. The van der Waals surface area contributed by atoms with Crippen molar-refractivity contribution in [3.63, 3.8) is 0 Å². The van der Waals surface area contributed by atoms with E-state index in [1.54, 1.807) is 7.05 Å². The topological polar surface area (TPSA) is 41.6 Å². The minimum Gasteiger partial charge on any atom is -0.381 e. The molecule has 1 N–H and O–H groups in total. The highest BCUT2D eigenvalue weighted by Crippen LogP contribution is 2.16. The summed E-state index contributed by atoms with van der Waals surface area (Å²) in [6.45, 7) is 5.75. The Hall–Kier alpha value is -0.610. The van der Waals surface area contributed by atoms with Gasteiger partial charge < -0.3 is 15.0 Å². The summed E-state index contributed by atoms with van der Waals surface area (Å²) in [6, 6.07) is 0. The summed E-state index contributed by atoms with van der Waals surface area (Å²) in [5.41, 5.74) is 0. The van der Waals surface area contributed by atoms with Gasteiger partial charge >= 0.3 is 0 Å². The summed E-state index contributed by atoms with van der Waals surface area (Å²) in [7, 11) is 1.80. The van der Waals surface area contributed by atoms with Crippen LogP contribution in [-0.4, -0.2) is 50.7 Å². The van der Waals surface area contributed by atoms with Crippen LogP contribution in [0.25, 0.3) is 0 Å². The Morgan fingerprint density at radius 2 is 2.43 bits per heavy atom. The number of carbonyl (C=O) groups excluding carboxylic acids is 1. The maximum Gasteiger partial charge on any atom is 0.236 e. The predicted octanol–water partition coefficient (Wildman–Crippen LogP) is 0.0908. The second-order valence-electron chi connectivity index (χ2n) is 3.68. The molecule has 0 aromatic rings. The molecule has 0 unspecified atom stereocenters. The number of ether oxygens (including phenoxy) is 1. The molecule has 1 rings (SSSR count). The predicted molar refractivity (Wildman–Crippen MR) is 55.1 cm³/mol. The number of rotatable bonds is 5. The monoisotopic (exact) mass is 200 g/mol. The number of hydrogen-bond donors (Lipinski definition) is 1. The van der Waals surface area contributed by atoms with Crippen molar-refractivity contribution in [2.24, 2.45) is 5.92 Å². The third-order valence-corrected chi connectivity index (χ3v) is 2.52. The van der Waals surface area contributed by atoms with Gasteiger partial charge in [-0.25, -0.2) is 0 Å². The molecule has 14 heavy (non-hydrogen) atoms. The molecular formula is C10H20N2O2. The van der Waals surface area contributed by atoms with E-state index >= 15 is 0 Å². The number of carbonyl (C=O) groups is 1. The van der Waals surface area contributed by atoms with Crippen molar-refractivity contribution in [3.05, 3.63) is 0 Å². The molecule has 1 saturated heterocycles. The molecule has 82 valence electrons. The highest BCUT2D eigenvalue weighted by atomic mass is 16.5. The minimum absolute atomic E-state index is 0.200. The van der Waals surface area contributed by atoms with Crippen LogP contribution in [0, 0.1) is 5.92 Å². The normalized spacial score (nSPS) is 21.6. The molecule has 1 atom stereocenters. The lowest BCUT2D eigenvalue weighted by Gasteiger charge is -2.16. The lowest BCUT2D eigenvalue weighted by Crippen LogP contribution is -2.35. The Morgan fingerprint density at radius 1 is 1.64 bits per heavy atom. The third kappa shape index (κ3) is 3.27. The fraction of sp³-hybridized carbons (Fsp3) is 0.900. The van der Waals surface area contributed by atoms with Gasteiger partial charge in [0.25, 0.3) is 0 Å². The van der Waals surface area contributed by atoms with Gasteiger partial charge in [0.15, 0.2) is 0 Å². The van der Waals surface area contributed by atoms with Gasteiger partial charge in [-0.3, -0.25) is 4.79 Å². The van der Waals surface area contributed by atoms with E-state index in [4.69, 9.17) is 4.74 Å². The van der Waals surface area contributed by atoms with Gasteiger partial charge in [0.1, 0.15) is 0 Å². The number of likely N-dealkylation sites (N-methyl/N-ethyl adjacent to an activating group) is 1. The molecule has 1 fully saturated rings. The van der Waals surface area contributed by atoms with Gasteiger partial charge in [0.05, 0.1) is 13.2 Å². The molecule has 4 nitrogen and oxygen atoms in total. The van der Waals surface area contributed by atoms with Crippen molar-refractivity contribution in [2.45, 2.75) is 13.3 Å². The summed E-state index contributed by atoms with van der Waals surface area (Å²) in [5.74, 6) is 0.738. The summed E-state index contributed by atoms with van der Waals surface area (Å²) in [6.07, 6.45) is 1.08. The Morgan fingerprint density at radius 3 is 3.07 bits per heavy atom. The summed E-state index contributed by atoms with van der Waals surface area (Å²) in [4.78, 5) is 13.4. The van der Waals surface area contributed by atoms with Crippen LogP contribution in [0.3, 0.4) is 0 Å².